The summed E-state index contributed by atoms with van der Waals surface area (Å²) in [5.41, 5.74) is 0.144. The number of fused-ring (bicyclic) bond motifs is 1. The Kier molecular flexibility index (Phi) is 4.93. The molecular weight excluding hydrogens is 354 g/mol. The van der Waals surface area contributed by atoms with Crippen LogP contribution in [0.5, 0.6) is 0 Å². The maximum Gasteiger partial charge on any atom is 0.261 e. The van der Waals surface area contributed by atoms with Crippen LogP contribution in [0, 0.1) is 0 Å². The van der Waals surface area contributed by atoms with Gasteiger partial charge in [-0.1, -0.05) is 12.1 Å². The van der Waals surface area contributed by atoms with Gasteiger partial charge in [0.1, 0.15) is 18.5 Å². The van der Waals surface area contributed by atoms with E-state index < -0.39 is 18.5 Å². The number of hydrogen-bond donors (Lipinski definition) is 0. The molecule has 1 aliphatic heterocycles. The van der Waals surface area contributed by atoms with Crippen molar-refractivity contribution in [2.75, 3.05) is 13.1 Å². The first-order valence-electron chi connectivity index (χ1n) is 8.97. The van der Waals surface area contributed by atoms with E-state index in [4.69, 9.17) is 0 Å². The Morgan fingerprint density at radius 1 is 1.22 bits per heavy atom. The topological polar surface area (TPSA) is 68.8 Å². The number of likely N-dealkylation sites (tertiary alicyclic amines) is 1. The second kappa shape index (κ2) is 7.51. The van der Waals surface area contributed by atoms with Crippen LogP contribution in [0.1, 0.15) is 24.7 Å². The van der Waals surface area contributed by atoms with Crippen molar-refractivity contribution in [2.24, 2.45) is 0 Å². The maximum absolute atomic E-state index is 13.2. The maximum atomic E-state index is 13.2. The van der Waals surface area contributed by atoms with E-state index in [9.17, 15) is 13.6 Å². The fraction of sp³-hybridized carbons (Fsp3) is 0.444. The van der Waals surface area contributed by atoms with Gasteiger partial charge in [-0.15, -0.1) is 0 Å². The zero-order chi connectivity index (χ0) is 18.8. The van der Waals surface area contributed by atoms with Crippen LogP contribution in [0.25, 0.3) is 10.9 Å². The Bertz CT molecular complexity index is 972. The first kappa shape index (κ1) is 17.7. The summed E-state index contributed by atoms with van der Waals surface area (Å²) in [6, 6.07) is 6.74. The average molecular weight is 374 g/mol. The van der Waals surface area contributed by atoms with Gasteiger partial charge in [-0.05, 0) is 31.5 Å². The summed E-state index contributed by atoms with van der Waals surface area (Å²) < 4.78 is 29.2. The van der Waals surface area contributed by atoms with Gasteiger partial charge < -0.3 is 0 Å². The van der Waals surface area contributed by atoms with Crippen molar-refractivity contribution in [1.82, 2.24) is 29.2 Å². The van der Waals surface area contributed by atoms with E-state index in [2.05, 4.69) is 20.0 Å². The van der Waals surface area contributed by atoms with Gasteiger partial charge in [-0.3, -0.25) is 18.9 Å². The molecule has 1 aliphatic rings. The fourth-order valence-electron chi connectivity index (χ4n) is 3.72. The van der Waals surface area contributed by atoms with Gasteiger partial charge in [-0.25, -0.2) is 18.7 Å². The molecule has 3 heterocycles. The number of halogens is 2. The number of hydrogen-bond acceptors (Lipinski definition) is 5. The molecule has 3 aromatic rings. The summed E-state index contributed by atoms with van der Waals surface area (Å²) in [7, 11) is 0. The normalized spacial score (nSPS) is 18.0. The van der Waals surface area contributed by atoms with Crippen molar-refractivity contribution < 1.29 is 8.78 Å². The molecular formula is C18H20F2N6O. The molecule has 142 valence electrons. The van der Waals surface area contributed by atoms with Crippen molar-refractivity contribution in [2.45, 2.75) is 38.4 Å². The lowest BCUT2D eigenvalue weighted by Gasteiger charge is -2.26. The number of benzene rings is 1. The molecule has 0 spiro atoms. The van der Waals surface area contributed by atoms with Crippen molar-refractivity contribution in [3.63, 3.8) is 0 Å². The molecule has 7 nitrogen and oxygen atoms in total. The highest BCUT2D eigenvalue weighted by Gasteiger charge is 2.30. The third-order valence-electron chi connectivity index (χ3n) is 4.96. The summed E-state index contributed by atoms with van der Waals surface area (Å²) in [5, 5.41) is 4.47. The minimum absolute atomic E-state index is 0.162. The van der Waals surface area contributed by atoms with E-state index in [0.717, 1.165) is 24.0 Å². The molecule has 4 rings (SSSR count). The standard InChI is InChI=1S/C18H20F2N6O/c19-16(20)10-26-17(23-14-5-2-1-4-13(14)18(26)27)15-6-3-7-24(15)8-9-25-12-21-11-22-25/h1-2,4-5,11-12,15-16H,3,6-10H2. The zero-order valence-electron chi connectivity index (χ0n) is 14.7. The molecule has 0 N–H and O–H groups in total. The lowest BCUT2D eigenvalue weighted by molar-refractivity contribution is 0.120. The van der Waals surface area contributed by atoms with Gasteiger partial charge in [0.15, 0.2) is 0 Å². The average Bonchev–Trinajstić information content (AvgIpc) is 3.33. The number of aromatic nitrogens is 5. The molecule has 1 atom stereocenters. The summed E-state index contributed by atoms with van der Waals surface area (Å²) in [5.74, 6) is 0.426. The molecule has 0 radical (unpaired) electrons. The monoisotopic (exact) mass is 374 g/mol. The molecule has 0 bridgehead atoms. The van der Waals surface area contributed by atoms with E-state index in [1.807, 2.05) is 0 Å². The first-order chi connectivity index (χ1) is 13.1. The SMILES string of the molecule is O=c1c2ccccc2nc(C2CCCN2CCn2cncn2)n1CC(F)F. The third-order valence-corrected chi connectivity index (χ3v) is 4.96. The molecule has 0 saturated carbocycles. The van der Waals surface area contributed by atoms with Gasteiger partial charge in [-0.2, -0.15) is 5.10 Å². The second-order valence-electron chi connectivity index (χ2n) is 6.65. The lowest BCUT2D eigenvalue weighted by Crippen LogP contribution is -2.35. The van der Waals surface area contributed by atoms with Crippen molar-refractivity contribution >= 4 is 10.9 Å². The van der Waals surface area contributed by atoms with E-state index in [0.29, 0.717) is 29.8 Å². The van der Waals surface area contributed by atoms with E-state index in [1.165, 1.54) is 6.33 Å². The molecule has 1 saturated heterocycles. The fourth-order valence-corrected chi connectivity index (χ4v) is 3.72. The van der Waals surface area contributed by atoms with Crippen molar-refractivity contribution in [3.8, 4) is 0 Å². The predicted molar refractivity (Wildman–Crippen MR) is 95.6 cm³/mol. The van der Waals surface area contributed by atoms with Gasteiger partial charge >= 0.3 is 0 Å². The Labute approximate surface area is 154 Å². The minimum Gasteiger partial charge on any atom is -0.292 e. The molecule has 1 unspecified atom stereocenters. The second-order valence-corrected chi connectivity index (χ2v) is 6.65. The Balaban J connectivity index is 1.71. The van der Waals surface area contributed by atoms with Crippen LogP contribution in [-0.2, 0) is 13.1 Å². The molecule has 0 aliphatic carbocycles. The number of alkyl halides is 2. The minimum atomic E-state index is -2.62. The number of rotatable bonds is 6. The lowest BCUT2D eigenvalue weighted by atomic mass is 10.1. The van der Waals surface area contributed by atoms with Crippen LogP contribution in [-0.4, -0.2) is 48.7 Å². The summed E-state index contributed by atoms with van der Waals surface area (Å²) in [6.45, 7) is 1.52. The van der Waals surface area contributed by atoms with E-state index in [-0.39, 0.29) is 6.04 Å². The highest BCUT2D eigenvalue weighted by Crippen LogP contribution is 2.31. The van der Waals surface area contributed by atoms with Crippen LogP contribution in [0.3, 0.4) is 0 Å². The van der Waals surface area contributed by atoms with Crippen molar-refractivity contribution in [3.05, 3.63) is 53.1 Å². The van der Waals surface area contributed by atoms with Gasteiger partial charge in [0.2, 0.25) is 0 Å². The van der Waals surface area contributed by atoms with Gasteiger partial charge in [0, 0.05) is 6.54 Å². The highest BCUT2D eigenvalue weighted by molar-refractivity contribution is 5.77. The highest BCUT2D eigenvalue weighted by atomic mass is 19.3. The quantitative estimate of drug-likeness (QED) is 0.661. The van der Waals surface area contributed by atoms with Gasteiger partial charge in [0.05, 0.1) is 30.0 Å². The first-order valence-corrected chi connectivity index (χ1v) is 8.97. The van der Waals surface area contributed by atoms with Crippen molar-refractivity contribution in [1.29, 1.82) is 0 Å². The van der Waals surface area contributed by atoms with Gasteiger partial charge in [0.25, 0.3) is 12.0 Å². The molecule has 9 heteroatoms. The smallest absolute Gasteiger partial charge is 0.261 e. The Hall–Kier alpha value is -2.68. The van der Waals surface area contributed by atoms with Crippen LogP contribution in [0.2, 0.25) is 0 Å². The molecule has 27 heavy (non-hydrogen) atoms. The van der Waals surface area contributed by atoms with E-state index >= 15 is 0 Å². The zero-order valence-corrected chi connectivity index (χ0v) is 14.7. The van der Waals surface area contributed by atoms with Crippen LogP contribution in [0.15, 0.2) is 41.7 Å². The Morgan fingerprint density at radius 3 is 2.85 bits per heavy atom. The predicted octanol–water partition coefficient (Wildman–Crippen LogP) is 2.09. The Morgan fingerprint density at radius 2 is 2.07 bits per heavy atom. The molecule has 1 fully saturated rings. The third kappa shape index (κ3) is 3.59. The molecule has 0 amide bonds. The van der Waals surface area contributed by atoms with Crippen LogP contribution >= 0.6 is 0 Å². The van der Waals surface area contributed by atoms with Crippen LogP contribution in [0.4, 0.5) is 8.78 Å². The molecule has 1 aromatic carbocycles. The number of nitrogens with zero attached hydrogens (tertiary/aromatic N) is 6. The largest absolute Gasteiger partial charge is 0.292 e. The molecule has 2 aromatic heterocycles. The summed E-state index contributed by atoms with van der Waals surface area (Å²) in [6.07, 6.45) is 2.22. The summed E-state index contributed by atoms with van der Waals surface area (Å²) in [4.78, 5) is 23.6. The summed E-state index contributed by atoms with van der Waals surface area (Å²) >= 11 is 0. The number of para-hydroxylation sites is 1. The van der Waals surface area contributed by atoms with E-state index in [1.54, 1.807) is 35.3 Å². The van der Waals surface area contributed by atoms with Crippen LogP contribution < -0.4 is 5.56 Å².